The van der Waals surface area contributed by atoms with E-state index >= 15 is 0 Å². The molecule has 3 rings (SSSR count). The van der Waals surface area contributed by atoms with E-state index in [2.05, 4.69) is 10.2 Å². The fourth-order valence-electron chi connectivity index (χ4n) is 3.43. The highest BCUT2D eigenvalue weighted by Gasteiger charge is 2.35. The Labute approximate surface area is 150 Å². The van der Waals surface area contributed by atoms with E-state index in [0.29, 0.717) is 29.8 Å². The van der Waals surface area contributed by atoms with E-state index < -0.39 is 10.0 Å². The van der Waals surface area contributed by atoms with E-state index in [4.69, 9.17) is 4.74 Å². The third-order valence-electron chi connectivity index (χ3n) is 4.80. The maximum absolute atomic E-state index is 12.9. The van der Waals surface area contributed by atoms with Gasteiger partial charge in [-0.25, -0.2) is 8.42 Å². The van der Waals surface area contributed by atoms with Crippen molar-refractivity contribution in [2.75, 3.05) is 46.4 Å². The van der Waals surface area contributed by atoms with Gasteiger partial charge >= 0.3 is 0 Å². The molecule has 8 heteroatoms. The summed E-state index contributed by atoms with van der Waals surface area (Å²) in [4.78, 5) is 2.77. The first kappa shape index (κ1) is 19.5. The molecule has 1 aromatic rings. The lowest BCUT2D eigenvalue weighted by Crippen LogP contribution is -2.49. The Morgan fingerprint density at radius 3 is 2.54 bits per heavy atom. The van der Waals surface area contributed by atoms with Gasteiger partial charge in [-0.3, -0.25) is 4.90 Å². The van der Waals surface area contributed by atoms with Gasteiger partial charge in [-0.15, -0.1) is 12.4 Å². The van der Waals surface area contributed by atoms with Crippen molar-refractivity contribution in [3.63, 3.8) is 0 Å². The van der Waals surface area contributed by atoms with Crippen molar-refractivity contribution in [3.05, 3.63) is 23.8 Å². The quantitative estimate of drug-likeness (QED) is 0.853. The van der Waals surface area contributed by atoms with Gasteiger partial charge in [0.15, 0.2) is 0 Å². The van der Waals surface area contributed by atoms with Gasteiger partial charge in [0.05, 0.1) is 12.0 Å². The SMILES string of the molecule is COc1ccc(S(=O)(=O)N2CCC(N3CCNCC3)C2)cc1C.Cl. The zero-order valence-corrected chi connectivity index (χ0v) is 15.8. The van der Waals surface area contributed by atoms with Crippen molar-refractivity contribution >= 4 is 22.4 Å². The molecule has 136 valence electrons. The lowest BCUT2D eigenvalue weighted by Gasteiger charge is -2.32. The van der Waals surface area contributed by atoms with Crippen molar-refractivity contribution in [2.24, 2.45) is 0 Å². The molecule has 0 saturated carbocycles. The predicted octanol–water partition coefficient (Wildman–Crippen LogP) is 1.09. The third-order valence-corrected chi connectivity index (χ3v) is 6.66. The number of benzene rings is 1. The smallest absolute Gasteiger partial charge is 0.243 e. The van der Waals surface area contributed by atoms with Crippen LogP contribution >= 0.6 is 12.4 Å². The number of aryl methyl sites for hydroxylation is 1. The third kappa shape index (κ3) is 3.86. The molecule has 0 aliphatic carbocycles. The van der Waals surface area contributed by atoms with Gasteiger partial charge in [0, 0.05) is 45.3 Å². The molecule has 0 spiro atoms. The molecule has 1 unspecified atom stereocenters. The molecule has 6 nitrogen and oxygen atoms in total. The van der Waals surface area contributed by atoms with Gasteiger partial charge in [-0.05, 0) is 37.1 Å². The average molecular weight is 376 g/mol. The molecule has 2 heterocycles. The predicted molar refractivity (Wildman–Crippen MR) is 96.6 cm³/mol. The van der Waals surface area contributed by atoms with Crippen molar-refractivity contribution < 1.29 is 13.2 Å². The summed E-state index contributed by atoms with van der Waals surface area (Å²) in [6.45, 7) is 7.03. The number of piperazine rings is 1. The van der Waals surface area contributed by atoms with E-state index in [0.717, 1.165) is 38.2 Å². The van der Waals surface area contributed by atoms with Crippen molar-refractivity contribution in [1.82, 2.24) is 14.5 Å². The summed E-state index contributed by atoms with van der Waals surface area (Å²) >= 11 is 0. The molecule has 0 amide bonds. The standard InChI is InChI=1S/C16H25N3O3S.ClH/c1-13-11-15(3-4-16(13)22-2)23(20,21)19-8-5-14(12-19)18-9-6-17-7-10-18;/h3-4,11,14,17H,5-10,12H2,1-2H3;1H. The fraction of sp³-hybridized carbons (Fsp3) is 0.625. The first-order chi connectivity index (χ1) is 11.0. The Morgan fingerprint density at radius 1 is 1.21 bits per heavy atom. The van der Waals surface area contributed by atoms with E-state index in [1.54, 1.807) is 29.6 Å². The number of nitrogens with one attached hydrogen (secondary N) is 1. The summed E-state index contributed by atoms with van der Waals surface area (Å²) in [6.07, 6.45) is 0.911. The van der Waals surface area contributed by atoms with Crippen LogP contribution < -0.4 is 10.1 Å². The van der Waals surface area contributed by atoms with Crippen LogP contribution in [0.1, 0.15) is 12.0 Å². The zero-order valence-electron chi connectivity index (χ0n) is 14.2. The second-order valence-electron chi connectivity index (χ2n) is 6.22. The van der Waals surface area contributed by atoms with Crippen LogP contribution in [0.25, 0.3) is 0 Å². The normalized spacial score (nSPS) is 23.0. The van der Waals surface area contributed by atoms with E-state index in [1.165, 1.54) is 0 Å². The van der Waals surface area contributed by atoms with Crippen LogP contribution in [-0.4, -0.2) is 70.0 Å². The average Bonchev–Trinajstić information content (AvgIpc) is 3.06. The highest BCUT2D eigenvalue weighted by Crippen LogP contribution is 2.27. The van der Waals surface area contributed by atoms with Crippen molar-refractivity contribution in [1.29, 1.82) is 0 Å². The lowest BCUT2D eigenvalue weighted by molar-refractivity contribution is 0.179. The summed E-state index contributed by atoms with van der Waals surface area (Å²) in [7, 11) is -1.83. The lowest BCUT2D eigenvalue weighted by atomic mass is 10.2. The molecule has 1 N–H and O–H groups in total. The minimum atomic E-state index is -3.42. The van der Waals surface area contributed by atoms with Crippen LogP contribution in [0, 0.1) is 6.92 Å². The Morgan fingerprint density at radius 2 is 1.92 bits per heavy atom. The highest BCUT2D eigenvalue weighted by molar-refractivity contribution is 7.89. The minimum absolute atomic E-state index is 0. The minimum Gasteiger partial charge on any atom is -0.496 e. The molecule has 2 aliphatic heterocycles. The second-order valence-corrected chi connectivity index (χ2v) is 8.16. The summed E-state index contributed by atoms with van der Waals surface area (Å²) < 4.78 is 32.6. The molecule has 1 aromatic carbocycles. The highest BCUT2D eigenvalue weighted by atomic mass is 35.5. The number of hydrogen-bond acceptors (Lipinski definition) is 5. The monoisotopic (exact) mass is 375 g/mol. The molecule has 24 heavy (non-hydrogen) atoms. The van der Waals surface area contributed by atoms with Crippen LogP contribution in [0.4, 0.5) is 0 Å². The molecule has 1 atom stereocenters. The maximum atomic E-state index is 12.9. The number of rotatable bonds is 4. The fourth-order valence-corrected chi connectivity index (χ4v) is 5.01. The van der Waals surface area contributed by atoms with Crippen molar-refractivity contribution in [2.45, 2.75) is 24.3 Å². The van der Waals surface area contributed by atoms with E-state index in [-0.39, 0.29) is 12.4 Å². The molecule has 0 radical (unpaired) electrons. The summed E-state index contributed by atoms with van der Waals surface area (Å²) in [5, 5.41) is 3.34. The molecular formula is C16H26ClN3O3S. The first-order valence-corrected chi connectivity index (χ1v) is 9.56. The van der Waals surface area contributed by atoms with Crippen LogP contribution in [0.5, 0.6) is 5.75 Å². The zero-order chi connectivity index (χ0) is 16.4. The topological polar surface area (TPSA) is 61.9 Å². The number of halogens is 1. The van der Waals surface area contributed by atoms with Crippen LogP contribution in [0.3, 0.4) is 0 Å². The molecular weight excluding hydrogens is 350 g/mol. The van der Waals surface area contributed by atoms with Crippen LogP contribution in [-0.2, 0) is 10.0 Å². The molecule has 2 aliphatic rings. The summed E-state index contributed by atoms with van der Waals surface area (Å²) in [5.41, 5.74) is 0.839. The number of methoxy groups -OCH3 is 1. The number of hydrogen-bond donors (Lipinski definition) is 1. The largest absolute Gasteiger partial charge is 0.496 e. The number of nitrogens with zero attached hydrogens (tertiary/aromatic N) is 2. The van der Waals surface area contributed by atoms with Crippen molar-refractivity contribution in [3.8, 4) is 5.75 Å². The van der Waals surface area contributed by atoms with Gasteiger partial charge in [0.25, 0.3) is 0 Å². The van der Waals surface area contributed by atoms with Gasteiger partial charge in [-0.2, -0.15) is 4.31 Å². The molecule has 2 fully saturated rings. The molecule has 0 aromatic heterocycles. The van der Waals surface area contributed by atoms with E-state index in [9.17, 15) is 8.42 Å². The van der Waals surface area contributed by atoms with Gasteiger partial charge < -0.3 is 10.1 Å². The van der Waals surface area contributed by atoms with Gasteiger partial charge in [0.1, 0.15) is 5.75 Å². The summed E-state index contributed by atoms with van der Waals surface area (Å²) in [6, 6.07) is 5.41. The van der Waals surface area contributed by atoms with E-state index in [1.807, 2.05) is 6.92 Å². The van der Waals surface area contributed by atoms with Crippen LogP contribution in [0.2, 0.25) is 0 Å². The van der Waals surface area contributed by atoms with Crippen LogP contribution in [0.15, 0.2) is 23.1 Å². The second kappa shape index (κ2) is 8.01. The maximum Gasteiger partial charge on any atom is 0.243 e. The molecule has 2 saturated heterocycles. The number of sulfonamides is 1. The first-order valence-electron chi connectivity index (χ1n) is 8.12. The number of ether oxygens (including phenoxy) is 1. The van der Waals surface area contributed by atoms with Gasteiger partial charge in [-0.1, -0.05) is 0 Å². The van der Waals surface area contributed by atoms with Gasteiger partial charge in [0.2, 0.25) is 10.0 Å². The summed E-state index contributed by atoms with van der Waals surface area (Å²) in [5.74, 6) is 0.712. The Balaban J connectivity index is 0.00000208. The molecule has 0 bridgehead atoms. The Hall–Kier alpha value is -0.860. The Bertz CT molecular complexity index is 663. The Kier molecular flexibility index (Phi) is 6.50.